The average molecular weight is 213 g/mol. The number of aromatic nitrogens is 1. The monoisotopic (exact) mass is 212 g/mol. The molecule has 2 nitrogen and oxygen atoms in total. The van der Waals surface area contributed by atoms with Gasteiger partial charge >= 0.3 is 0 Å². The van der Waals surface area contributed by atoms with Gasteiger partial charge in [-0.3, -0.25) is 0 Å². The lowest BCUT2D eigenvalue weighted by Gasteiger charge is -2.22. The van der Waals surface area contributed by atoms with E-state index in [1.165, 1.54) is 18.5 Å². The minimum Gasteiger partial charge on any atom is -0.372 e. The Labute approximate surface area is 90.9 Å². The third-order valence-corrected chi connectivity index (χ3v) is 2.45. The molecule has 0 amide bonds. The number of anilines is 1. The number of unbranched alkanes of at least 4 members (excludes halogenated alkanes) is 1. The third kappa shape index (κ3) is 3.18. The summed E-state index contributed by atoms with van der Waals surface area (Å²) in [5.41, 5.74) is 1.17. The van der Waals surface area contributed by atoms with E-state index in [1.54, 1.807) is 6.20 Å². The molecular formula is C11H17ClN2. The maximum Gasteiger partial charge on any atom is 0.131 e. The number of pyridine rings is 1. The van der Waals surface area contributed by atoms with Crippen molar-refractivity contribution in [2.75, 3.05) is 18.0 Å². The highest BCUT2D eigenvalue weighted by atomic mass is 35.5. The quantitative estimate of drug-likeness (QED) is 0.696. The second kappa shape index (κ2) is 5.86. The van der Waals surface area contributed by atoms with Gasteiger partial charge in [0.05, 0.1) is 0 Å². The van der Waals surface area contributed by atoms with Gasteiger partial charge in [-0.2, -0.15) is 0 Å². The molecule has 0 atom stereocenters. The van der Waals surface area contributed by atoms with Gasteiger partial charge in [0.1, 0.15) is 5.15 Å². The van der Waals surface area contributed by atoms with Crippen LogP contribution in [0.1, 0.15) is 26.7 Å². The molecule has 0 saturated heterocycles. The summed E-state index contributed by atoms with van der Waals surface area (Å²) in [6.07, 6.45) is 4.19. The Balaban J connectivity index is 2.68. The number of nitrogens with zero attached hydrogens (tertiary/aromatic N) is 2. The Hall–Kier alpha value is -0.760. The largest absolute Gasteiger partial charge is 0.372 e. The molecule has 0 spiro atoms. The van der Waals surface area contributed by atoms with Crippen LogP contribution < -0.4 is 4.90 Å². The van der Waals surface area contributed by atoms with E-state index in [-0.39, 0.29) is 0 Å². The van der Waals surface area contributed by atoms with Gasteiger partial charge in [0.25, 0.3) is 0 Å². The van der Waals surface area contributed by atoms with E-state index < -0.39 is 0 Å². The predicted molar refractivity (Wildman–Crippen MR) is 62.0 cm³/mol. The first kappa shape index (κ1) is 11.3. The molecule has 0 radical (unpaired) electrons. The zero-order valence-electron chi connectivity index (χ0n) is 8.83. The van der Waals surface area contributed by atoms with Gasteiger partial charge in [-0.25, -0.2) is 4.98 Å². The molecule has 0 unspecified atom stereocenters. The highest BCUT2D eigenvalue weighted by molar-refractivity contribution is 6.29. The van der Waals surface area contributed by atoms with Crippen LogP contribution in [0.5, 0.6) is 0 Å². The average Bonchev–Trinajstić information content (AvgIpc) is 2.19. The Morgan fingerprint density at radius 2 is 2.21 bits per heavy atom. The van der Waals surface area contributed by atoms with Gasteiger partial charge in [-0.1, -0.05) is 24.9 Å². The molecule has 0 N–H and O–H groups in total. The van der Waals surface area contributed by atoms with E-state index in [1.807, 2.05) is 12.1 Å². The molecule has 0 aliphatic heterocycles. The molecule has 78 valence electrons. The van der Waals surface area contributed by atoms with Crippen LogP contribution >= 0.6 is 11.6 Å². The first-order valence-electron chi connectivity index (χ1n) is 5.14. The van der Waals surface area contributed by atoms with Gasteiger partial charge in [0, 0.05) is 25.0 Å². The fourth-order valence-corrected chi connectivity index (χ4v) is 1.58. The number of rotatable bonds is 5. The Morgan fingerprint density at radius 3 is 2.79 bits per heavy atom. The van der Waals surface area contributed by atoms with Crippen LogP contribution in [0, 0.1) is 0 Å². The summed E-state index contributed by atoms with van der Waals surface area (Å²) in [5, 5.41) is 0.567. The maximum atomic E-state index is 5.84. The maximum absolute atomic E-state index is 5.84. The van der Waals surface area contributed by atoms with Crippen molar-refractivity contribution >= 4 is 17.3 Å². The van der Waals surface area contributed by atoms with Gasteiger partial charge in [0.2, 0.25) is 0 Å². The van der Waals surface area contributed by atoms with E-state index in [2.05, 4.69) is 23.7 Å². The molecule has 0 aliphatic rings. The van der Waals surface area contributed by atoms with Crippen LogP contribution in [0.4, 0.5) is 5.69 Å². The number of hydrogen-bond donors (Lipinski definition) is 0. The van der Waals surface area contributed by atoms with Crippen LogP contribution in [-0.2, 0) is 0 Å². The predicted octanol–water partition coefficient (Wildman–Crippen LogP) is 3.36. The SMILES string of the molecule is CCCCN(CC)c1ccnc(Cl)c1. The molecule has 0 aromatic carbocycles. The van der Waals surface area contributed by atoms with Crippen LogP contribution in [0.25, 0.3) is 0 Å². The van der Waals surface area contributed by atoms with E-state index in [9.17, 15) is 0 Å². The topological polar surface area (TPSA) is 16.1 Å². The van der Waals surface area contributed by atoms with Crippen molar-refractivity contribution in [3.8, 4) is 0 Å². The standard InChI is InChI=1S/C11H17ClN2/c1-3-5-8-14(4-2)10-6-7-13-11(12)9-10/h6-7,9H,3-5,8H2,1-2H3. The summed E-state index contributed by atoms with van der Waals surface area (Å²) in [6.45, 7) is 6.46. The van der Waals surface area contributed by atoms with E-state index in [0.29, 0.717) is 5.15 Å². The van der Waals surface area contributed by atoms with Crippen molar-refractivity contribution in [3.63, 3.8) is 0 Å². The highest BCUT2D eigenvalue weighted by Crippen LogP contribution is 2.17. The minimum atomic E-state index is 0.567. The van der Waals surface area contributed by atoms with Crippen molar-refractivity contribution < 1.29 is 0 Å². The first-order chi connectivity index (χ1) is 6.77. The molecule has 0 aliphatic carbocycles. The molecule has 0 bridgehead atoms. The summed E-state index contributed by atoms with van der Waals surface area (Å²) in [4.78, 5) is 6.29. The normalized spacial score (nSPS) is 10.2. The molecule has 0 saturated carbocycles. The molecule has 0 fully saturated rings. The molecule has 3 heteroatoms. The number of hydrogen-bond acceptors (Lipinski definition) is 2. The second-order valence-electron chi connectivity index (χ2n) is 3.27. The summed E-state index contributed by atoms with van der Waals surface area (Å²) in [7, 11) is 0. The highest BCUT2D eigenvalue weighted by Gasteiger charge is 2.03. The van der Waals surface area contributed by atoms with Crippen molar-refractivity contribution in [2.45, 2.75) is 26.7 Å². The summed E-state index contributed by atoms with van der Waals surface area (Å²) in [6, 6.07) is 3.92. The van der Waals surface area contributed by atoms with E-state index in [0.717, 1.165) is 13.1 Å². The van der Waals surface area contributed by atoms with Gasteiger partial charge < -0.3 is 4.90 Å². The fourth-order valence-electron chi connectivity index (χ4n) is 1.41. The summed E-state index contributed by atoms with van der Waals surface area (Å²) in [5.74, 6) is 0. The summed E-state index contributed by atoms with van der Waals surface area (Å²) >= 11 is 5.84. The number of halogens is 1. The van der Waals surface area contributed by atoms with Gasteiger partial charge in [0.15, 0.2) is 0 Å². The van der Waals surface area contributed by atoms with Crippen molar-refractivity contribution in [1.82, 2.24) is 4.98 Å². The van der Waals surface area contributed by atoms with Crippen molar-refractivity contribution in [1.29, 1.82) is 0 Å². The Morgan fingerprint density at radius 1 is 1.43 bits per heavy atom. The van der Waals surface area contributed by atoms with Crippen molar-refractivity contribution in [2.24, 2.45) is 0 Å². The van der Waals surface area contributed by atoms with Crippen LogP contribution in [0.15, 0.2) is 18.3 Å². The lowest BCUT2D eigenvalue weighted by Crippen LogP contribution is -2.23. The molecule has 1 heterocycles. The van der Waals surface area contributed by atoms with Crippen molar-refractivity contribution in [3.05, 3.63) is 23.5 Å². The zero-order chi connectivity index (χ0) is 10.4. The van der Waals surface area contributed by atoms with Gasteiger partial charge in [-0.05, 0) is 25.5 Å². The molecule has 1 aromatic rings. The molecule has 1 aromatic heterocycles. The van der Waals surface area contributed by atoms with E-state index >= 15 is 0 Å². The molecule has 14 heavy (non-hydrogen) atoms. The zero-order valence-corrected chi connectivity index (χ0v) is 9.59. The Kier molecular flexibility index (Phi) is 4.74. The second-order valence-corrected chi connectivity index (χ2v) is 3.66. The Bertz CT molecular complexity index is 276. The fraction of sp³-hybridized carbons (Fsp3) is 0.545. The summed E-state index contributed by atoms with van der Waals surface area (Å²) < 4.78 is 0. The van der Waals surface area contributed by atoms with Crippen LogP contribution in [-0.4, -0.2) is 18.1 Å². The first-order valence-corrected chi connectivity index (χ1v) is 5.52. The minimum absolute atomic E-state index is 0.567. The molecule has 1 rings (SSSR count). The van der Waals surface area contributed by atoms with Crippen LogP contribution in [0.3, 0.4) is 0 Å². The lowest BCUT2D eigenvalue weighted by atomic mass is 10.3. The smallest absolute Gasteiger partial charge is 0.131 e. The lowest BCUT2D eigenvalue weighted by molar-refractivity contribution is 0.732. The van der Waals surface area contributed by atoms with E-state index in [4.69, 9.17) is 11.6 Å². The third-order valence-electron chi connectivity index (χ3n) is 2.24. The van der Waals surface area contributed by atoms with Gasteiger partial charge in [-0.15, -0.1) is 0 Å². The molecular weight excluding hydrogens is 196 g/mol. The van der Waals surface area contributed by atoms with Crippen LogP contribution in [0.2, 0.25) is 5.15 Å².